The molecule has 2 aromatic heterocycles. The Labute approximate surface area is 129 Å². The van der Waals surface area contributed by atoms with Gasteiger partial charge in [-0.3, -0.25) is 14.0 Å². The number of nitrogens with zero attached hydrogens (tertiary/aromatic N) is 4. The molecule has 2 aromatic rings. The summed E-state index contributed by atoms with van der Waals surface area (Å²) in [6, 6.07) is 3.56. The molecule has 6 nitrogen and oxygen atoms in total. The number of aryl methyl sites for hydroxylation is 1. The van der Waals surface area contributed by atoms with Crippen molar-refractivity contribution in [3.05, 3.63) is 34.5 Å². The second-order valence-electron chi connectivity index (χ2n) is 6.52. The number of rotatable bonds is 2. The van der Waals surface area contributed by atoms with E-state index in [1.54, 1.807) is 16.7 Å². The number of amides is 1. The Morgan fingerprint density at radius 2 is 2.00 bits per heavy atom. The lowest BCUT2D eigenvalue weighted by Gasteiger charge is -2.35. The minimum absolute atomic E-state index is 0.0147. The zero-order valence-electron chi connectivity index (χ0n) is 13.3. The molecule has 22 heavy (non-hydrogen) atoms. The van der Waals surface area contributed by atoms with Crippen molar-refractivity contribution < 1.29 is 4.79 Å². The molecule has 3 rings (SSSR count). The maximum Gasteiger partial charge on any atom is 0.291 e. The van der Waals surface area contributed by atoms with Gasteiger partial charge in [-0.05, 0) is 37.3 Å². The zero-order valence-corrected chi connectivity index (χ0v) is 13.3. The molecule has 1 fully saturated rings. The molecule has 6 heteroatoms. The van der Waals surface area contributed by atoms with Crippen LogP contribution in [-0.2, 0) is 11.3 Å². The predicted octanol–water partition coefficient (Wildman–Crippen LogP) is 1.31. The van der Waals surface area contributed by atoms with Crippen molar-refractivity contribution in [1.82, 2.24) is 19.1 Å². The Balaban J connectivity index is 1.85. The van der Waals surface area contributed by atoms with Gasteiger partial charge in [0.1, 0.15) is 17.9 Å². The van der Waals surface area contributed by atoms with E-state index in [2.05, 4.69) is 18.9 Å². The average molecular weight is 302 g/mol. The van der Waals surface area contributed by atoms with E-state index in [0.717, 1.165) is 19.5 Å². The van der Waals surface area contributed by atoms with Gasteiger partial charge in [0.2, 0.25) is 5.91 Å². The second kappa shape index (κ2) is 5.59. The number of likely N-dealkylation sites (tertiary alicyclic amines) is 1. The Hall–Kier alpha value is -2.11. The van der Waals surface area contributed by atoms with Crippen molar-refractivity contribution >= 4 is 11.4 Å². The fourth-order valence-corrected chi connectivity index (χ4v) is 3.44. The number of carbonyl (C=O) groups is 1. The van der Waals surface area contributed by atoms with E-state index in [-0.39, 0.29) is 18.0 Å². The Bertz CT molecular complexity index is 751. The zero-order chi connectivity index (χ0) is 15.9. The standard InChI is InChI=1S/C16H22N4O2/c1-11-7-12(2)9-18(8-11)15(21)10-20-16(22)14-5-4-6-19(14)13(3)17-20/h4-6,11-12H,7-10H2,1-3H3/t11-,12-/m1/s1. The molecule has 2 atom stereocenters. The molecule has 1 aliphatic heterocycles. The highest BCUT2D eigenvalue weighted by Gasteiger charge is 2.26. The van der Waals surface area contributed by atoms with Crippen LogP contribution in [0.25, 0.3) is 5.52 Å². The van der Waals surface area contributed by atoms with Crippen LogP contribution in [0.4, 0.5) is 0 Å². The topological polar surface area (TPSA) is 59.6 Å². The Morgan fingerprint density at radius 3 is 2.68 bits per heavy atom. The van der Waals surface area contributed by atoms with Gasteiger partial charge in [-0.2, -0.15) is 5.10 Å². The predicted molar refractivity (Wildman–Crippen MR) is 83.7 cm³/mol. The summed E-state index contributed by atoms with van der Waals surface area (Å²) in [5, 5.41) is 4.27. The number of fused-ring (bicyclic) bond motifs is 1. The molecule has 3 heterocycles. The molecule has 1 aliphatic rings. The van der Waals surface area contributed by atoms with Crippen molar-refractivity contribution in [2.45, 2.75) is 33.7 Å². The highest BCUT2D eigenvalue weighted by Crippen LogP contribution is 2.21. The van der Waals surface area contributed by atoms with E-state index >= 15 is 0 Å². The molecule has 0 aromatic carbocycles. The third-order valence-electron chi connectivity index (χ3n) is 4.32. The van der Waals surface area contributed by atoms with E-state index in [9.17, 15) is 9.59 Å². The number of carbonyl (C=O) groups excluding carboxylic acids is 1. The van der Waals surface area contributed by atoms with E-state index in [1.807, 2.05) is 17.9 Å². The van der Waals surface area contributed by atoms with Crippen LogP contribution in [-0.4, -0.2) is 38.1 Å². The average Bonchev–Trinajstić information content (AvgIpc) is 2.93. The first-order valence-electron chi connectivity index (χ1n) is 7.78. The van der Waals surface area contributed by atoms with Crippen LogP contribution < -0.4 is 5.56 Å². The molecule has 0 bridgehead atoms. The SMILES string of the molecule is Cc1nn(CC(=O)N2C[C@H](C)C[C@@H](C)C2)c(=O)c2cccn12. The molecule has 0 radical (unpaired) electrons. The summed E-state index contributed by atoms with van der Waals surface area (Å²) in [5.41, 5.74) is 0.336. The molecular weight excluding hydrogens is 280 g/mol. The van der Waals surface area contributed by atoms with Crippen molar-refractivity contribution in [2.24, 2.45) is 11.8 Å². The van der Waals surface area contributed by atoms with Crippen LogP contribution in [0.15, 0.2) is 23.1 Å². The summed E-state index contributed by atoms with van der Waals surface area (Å²) in [5.74, 6) is 1.69. The van der Waals surface area contributed by atoms with Gasteiger partial charge in [0, 0.05) is 19.3 Å². The lowest BCUT2D eigenvalue weighted by molar-refractivity contribution is -0.134. The highest BCUT2D eigenvalue weighted by molar-refractivity contribution is 5.76. The third kappa shape index (κ3) is 2.65. The Kier molecular flexibility index (Phi) is 3.76. The lowest BCUT2D eigenvalue weighted by atomic mass is 9.92. The molecule has 0 saturated carbocycles. The van der Waals surface area contributed by atoms with Gasteiger partial charge in [0.05, 0.1) is 0 Å². The number of aromatic nitrogens is 3. The monoisotopic (exact) mass is 302 g/mol. The summed E-state index contributed by atoms with van der Waals surface area (Å²) in [7, 11) is 0. The van der Waals surface area contributed by atoms with Gasteiger partial charge >= 0.3 is 0 Å². The van der Waals surface area contributed by atoms with Crippen molar-refractivity contribution in [3.63, 3.8) is 0 Å². The smallest absolute Gasteiger partial charge is 0.291 e. The van der Waals surface area contributed by atoms with E-state index in [1.165, 1.54) is 4.68 Å². The number of piperidine rings is 1. The largest absolute Gasteiger partial charge is 0.341 e. The minimum atomic E-state index is -0.220. The van der Waals surface area contributed by atoms with Crippen molar-refractivity contribution in [2.75, 3.05) is 13.1 Å². The molecule has 0 spiro atoms. The first-order chi connectivity index (χ1) is 10.5. The highest BCUT2D eigenvalue weighted by atomic mass is 16.2. The van der Waals surface area contributed by atoms with Crippen LogP contribution >= 0.6 is 0 Å². The van der Waals surface area contributed by atoms with Gasteiger partial charge in [0.15, 0.2) is 0 Å². The fraction of sp³-hybridized carbons (Fsp3) is 0.562. The van der Waals surface area contributed by atoms with Crippen LogP contribution in [0.1, 0.15) is 26.1 Å². The van der Waals surface area contributed by atoms with Crippen LogP contribution in [0.2, 0.25) is 0 Å². The third-order valence-corrected chi connectivity index (χ3v) is 4.32. The van der Waals surface area contributed by atoms with Gasteiger partial charge in [-0.15, -0.1) is 0 Å². The summed E-state index contributed by atoms with van der Waals surface area (Å²) in [4.78, 5) is 26.8. The molecule has 1 amide bonds. The van der Waals surface area contributed by atoms with Crippen molar-refractivity contribution in [3.8, 4) is 0 Å². The van der Waals surface area contributed by atoms with Crippen LogP contribution in [0.3, 0.4) is 0 Å². The van der Waals surface area contributed by atoms with E-state index in [0.29, 0.717) is 23.2 Å². The van der Waals surface area contributed by atoms with E-state index < -0.39 is 0 Å². The fourth-order valence-electron chi connectivity index (χ4n) is 3.44. The summed E-state index contributed by atoms with van der Waals surface area (Å²) >= 11 is 0. The molecular formula is C16H22N4O2. The summed E-state index contributed by atoms with van der Waals surface area (Å²) in [6.45, 7) is 7.71. The minimum Gasteiger partial charge on any atom is -0.341 e. The van der Waals surface area contributed by atoms with Crippen LogP contribution in [0.5, 0.6) is 0 Å². The molecule has 118 valence electrons. The first-order valence-corrected chi connectivity index (χ1v) is 7.78. The normalized spacial score (nSPS) is 22.2. The van der Waals surface area contributed by atoms with Gasteiger partial charge in [-0.1, -0.05) is 13.8 Å². The van der Waals surface area contributed by atoms with Crippen LogP contribution in [0, 0.1) is 18.8 Å². The Morgan fingerprint density at radius 1 is 1.32 bits per heavy atom. The number of hydrogen-bond donors (Lipinski definition) is 0. The quantitative estimate of drug-likeness (QED) is 0.840. The maximum atomic E-state index is 12.5. The number of hydrogen-bond acceptors (Lipinski definition) is 3. The van der Waals surface area contributed by atoms with Gasteiger partial charge < -0.3 is 4.90 Å². The second-order valence-corrected chi connectivity index (χ2v) is 6.52. The van der Waals surface area contributed by atoms with E-state index in [4.69, 9.17) is 0 Å². The lowest BCUT2D eigenvalue weighted by Crippen LogP contribution is -2.45. The van der Waals surface area contributed by atoms with Gasteiger partial charge in [0.25, 0.3) is 5.56 Å². The maximum absolute atomic E-state index is 12.5. The first kappa shape index (κ1) is 14.8. The molecule has 1 saturated heterocycles. The molecule has 0 N–H and O–H groups in total. The molecule has 0 aliphatic carbocycles. The summed E-state index contributed by atoms with van der Waals surface area (Å²) < 4.78 is 3.03. The molecule has 0 unspecified atom stereocenters. The van der Waals surface area contributed by atoms with Gasteiger partial charge in [-0.25, -0.2) is 4.68 Å². The summed E-state index contributed by atoms with van der Waals surface area (Å²) in [6.07, 6.45) is 2.95. The van der Waals surface area contributed by atoms with Crippen molar-refractivity contribution in [1.29, 1.82) is 0 Å².